The van der Waals surface area contributed by atoms with E-state index in [4.69, 9.17) is 4.74 Å². The zero-order valence-electron chi connectivity index (χ0n) is 9.67. The lowest BCUT2D eigenvalue weighted by Crippen LogP contribution is -2.03. The van der Waals surface area contributed by atoms with Gasteiger partial charge in [0.1, 0.15) is 11.5 Å². The Kier molecular flexibility index (Phi) is 4.34. The normalized spacial score (nSPS) is 11.4. The summed E-state index contributed by atoms with van der Waals surface area (Å²) in [5.41, 5.74) is 0.291. The molecule has 0 spiro atoms. The fourth-order valence-electron chi connectivity index (χ4n) is 1.48. The van der Waals surface area contributed by atoms with E-state index in [9.17, 15) is 13.2 Å². The van der Waals surface area contributed by atoms with Crippen LogP contribution in [0.3, 0.4) is 0 Å². The predicted octanol–water partition coefficient (Wildman–Crippen LogP) is 5.23. The van der Waals surface area contributed by atoms with Crippen LogP contribution in [0, 0.1) is 6.07 Å². The first-order valence-electron chi connectivity index (χ1n) is 5.41. The van der Waals surface area contributed by atoms with Gasteiger partial charge in [-0.2, -0.15) is 13.2 Å². The van der Waals surface area contributed by atoms with Gasteiger partial charge in [-0.1, -0.05) is 28.7 Å². The molecule has 0 unspecified atom stereocenters. The summed E-state index contributed by atoms with van der Waals surface area (Å²) >= 11 is 2.20. The topological polar surface area (TPSA) is 9.23 Å². The van der Waals surface area contributed by atoms with E-state index in [2.05, 4.69) is 28.7 Å². The van der Waals surface area contributed by atoms with E-state index in [0.717, 1.165) is 22.1 Å². The minimum Gasteiger partial charge on any atom is -0.457 e. The third kappa shape index (κ3) is 3.86. The second-order valence-corrected chi connectivity index (χ2v) is 4.57. The number of benzene rings is 2. The van der Waals surface area contributed by atoms with Crippen molar-refractivity contribution in [1.29, 1.82) is 0 Å². The molecule has 1 nitrogen and oxygen atoms in total. The van der Waals surface area contributed by atoms with Crippen molar-refractivity contribution in [3.8, 4) is 11.5 Å². The minimum absolute atomic E-state index is 0.374. The molecule has 2 rings (SSSR count). The first kappa shape index (κ1) is 14.2. The molecule has 0 fully saturated rings. The molecule has 0 atom stereocenters. The van der Waals surface area contributed by atoms with Crippen LogP contribution in [-0.4, -0.2) is 0 Å². The quantitative estimate of drug-likeness (QED) is 0.526. The fourth-order valence-corrected chi connectivity index (χ4v) is 1.92. The van der Waals surface area contributed by atoms with E-state index in [1.165, 1.54) is 12.1 Å². The zero-order valence-corrected chi connectivity index (χ0v) is 11.8. The van der Waals surface area contributed by atoms with Crippen LogP contribution in [0.5, 0.6) is 11.5 Å². The molecule has 0 aliphatic heterocycles. The Morgan fingerprint density at radius 3 is 2.32 bits per heavy atom. The predicted molar refractivity (Wildman–Crippen MR) is 74.5 cm³/mol. The van der Waals surface area contributed by atoms with Gasteiger partial charge in [-0.3, -0.25) is 0 Å². The van der Waals surface area contributed by atoms with Crippen LogP contribution in [0.1, 0.15) is 11.1 Å². The molecule has 19 heavy (non-hydrogen) atoms. The Labute approximate surface area is 122 Å². The fraction of sp³-hybridized carbons (Fsp3) is 0.143. The smallest absolute Gasteiger partial charge is 0.416 e. The van der Waals surface area contributed by atoms with Crippen LogP contribution in [0.15, 0.2) is 42.5 Å². The maximum absolute atomic E-state index is 12.4. The molecule has 0 N–H and O–H groups in total. The van der Waals surface area contributed by atoms with Crippen LogP contribution >= 0.6 is 22.6 Å². The van der Waals surface area contributed by atoms with Crippen LogP contribution in [0.25, 0.3) is 0 Å². The number of rotatable bonds is 3. The van der Waals surface area contributed by atoms with E-state index < -0.39 is 11.7 Å². The highest BCUT2D eigenvalue weighted by Crippen LogP contribution is 2.31. The molecule has 0 aliphatic carbocycles. The lowest BCUT2D eigenvalue weighted by Gasteiger charge is -2.09. The number of hydrogen-bond donors (Lipinski definition) is 0. The molecule has 5 heteroatoms. The van der Waals surface area contributed by atoms with Crippen molar-refractivity contribution in [2.45, 2.75) is 10.6 Å². The number of ether oxygens (including phenoxy) is 1. The summed E-state index contributed by atoms with van der Waals surface area (Å²) in [4.78, 5) is 0. The molecule has 2 aromatic rings. The summed E-state index contributed by atoms with van der Waals surface area (Å²) in [5.74, 6) is 0.962. The Morgan fingerprint density at radius 1 is 1.05 bits per heavy atom. The number of alkyl halides is 4. The van der Waals surface area contributed by atoms with Gasteiger partial charge in [-0.05, 0) is 48.0 Å². The third-order valence-electron chi connectivity index (χ3n) is 2.39. The van der Waals surface area contributed by atoms with Crippen molar-refractivity contribution >= 4 is 22.6 Å². The van der Waals surface area contributed by atoms with Gasteiger partial charge in [0.2, 0.25) is 0 Å². The Balaban J connectivity index is 2.15. The van der Waals surface area contributed by atoms with Gasteiger partial charge in [-0.25, -0.2) is 0 Å². The molecular formula is C14H9F3IO. The van der Waals surface area contributed by atoms with Crippen molar-refractivity contribution in [3.63, 3.8) is 0 Å². The maximum atomic E-state index is 12.4. The Hall–Kier alpha value is -1.24. The molecule has 99 valence electrons. The standard InChI is InChI=1S/C14H9F3IO/c15-14(16,17)11-4-6-12(7-5-11)19-13-3-1-2-10(8-13)9-18/h1,3-8H,9H2. The summed E-state index contributed by atoms with van der Waals surface area (Å²) in [7, 11) is 0. The van der Waals surface area contributed by atoms with Crippen LogP contribution in [0.2, 0.25) is 0 Å². The first-order chi connectivity index (χ1) is 8.99. The summed E-state index contributed by atoms with van der Waals surface area (Å²) in [6.45, 7) is 0. The van der Waals surface area contributed by atoms with Gasteiger partial charge in [0.25, 0.3) is 0 Å². The average molecular weight is 377 g/mol. The largest absolute Gasteiger partial charge is 0.457 e. The molecule has 1 radical (unpaired) electrons. The molecule has 0 aromatic heterocycles. The molecular weight excluding hydrogens is 368 g/mol. The molecule has 0 saturated heterocycles. The summed E-state index contributed by atoms with van der Waals surface area (Å²) in [6.07, 6.45) is -4.32. The van der Waals surface area contributed by atoms with Gasteiger partial charge in [-0.15, -0.1) is 0 Å². The van der Waals surface area contributed by atoms with Gasteiger partial charge in [0.15, 0.2) is 0 Å². The van der Waals surface area contributed by atoms with E-state index in [0.29, 0.717) is 11.5 Å². The molecule has 0 aliphatic rings. The van der Waals surface area contributed by atoms with E-state index in [-0.39, 0.29) is 0 Å². The minimum atomic E-state index is -4.32. The average Bonchev–Trinajstić information content (AvgIpc) is 2.38. The van der Waals surface area contributed by atoms with Crippen LogP contribution in [-0.2, 0) is 10.6 Å². The number of halogens is 4. The highest BCUT2D eigenvalue weighted by molar-refractivity contribution is 14.1. The molecule has 0 amide bonds. The van der Waals surface area contributed by atoms with Crippen molar-refractivity contribution in [3.05, 3.63) is 59.7 Å². The molecule has 2 aromatic carbocycles. The third-order valence-corrected chi connectivity index (χ3v) is 3.22. The van der Waals surface area contributed by atoms with Crippen molar-refractivity contribution in [2.75, 3.05) is 0 Å². The maximum Gasteiger partial charge on any atom is 0.416 e. The van der Waals surface area contributed by atoms with Crippen molar-refractivity contribution in [2.24, 2.45) is 0 Å². The second kappa shape index (κ2) is 5.81. The highest BCUT2D eigenvalue weighted by Gasteiger charge is 2.30. The van der Waals surface area contributed by atoms with Crippen molar-refractivity contribution in [1.82, 2.24) is 0 Å². The summed E-state index contributed by atoms with van der Waals surface area (Å²) in [6, 6.07) is 12.9. The molecule has 0 heterocycles. The van der Waals surface area contributed by atoms with Crippen LogP contribution < -0.4 is 4.74 Å². The van der Waals surface area contributed by atoms with E-state index in [1.54, 1.807) is 12.1 Å². The van der Waals surface area contributed by atoms with Crippen molar-refractivity contribution < 1.29 is 17.9 Å². The number of hydrogen-bond acceptors (Lipinski definition) is 1. The summed E-state index contributed by atoms with van der Waals surface area (Å²) < 4.78 is 43.5. The monoisotopic (exact) mass is 377 g/mol. The highest BCUT2D eigenvalue weighted by atomic mass is 127. The lowest BCUT2D eigenvalue weighted by molar-refractivity contribution is -0.137. The van der Waals surface area contributed by atoms with Gasteiger partial charge in [0, 0.05) is 4.43 Å². The second-order valence-electron chi connectivity index (χ2n) is 3.81. The zero-order chi connectivity index (χ0) is 13.9. The molecule has 0 saturated carbocycles. The van der Waals surface area contributed by atoms with Gasteiger partial charge >= 0.3 is 6.18 Å². The lowest BCUT2D eigenvalue weighted by atomic mass is 10.2. The van der Waals surface area contributed by atoms with Gasteiger partial charge < -0.3 is 4.74 Å². The first-order valence-corrected chi connectivity index (χ1v) is 6.93. The van der Waals surface area contributed by atoms with E-state index >= 15 is 0 Å². The Bertz CT molecular complexity index is 549. The SMILES string of the molecule is FC(F)(F)c1ccc(Oc2cc[c]c(CI)c2)cc1. The molecule has 0 bridgehead atoms. The van der Waals surface area contributed by atoms with Gasteiger partial charge in [0.05, 0.1) is 5.56 Å². The van der Waals surface area contributed by atoms with Crippen LogP contribution in [0.4, 0.5) is 13.2 Å². The Morgan fingerprint density at radius 2 is 1.74 bits per heavy atom. The van der Waals surface area contributed by atoms with E-state index in [1.807, 2.05) is 6.07 Å². The summed E-state index contributed by atoms with van der Waals surface area (Å²) in [5, 5.41) is 0.